The molecule has 0 radical (unpaired) electrons. The lowest BCUT2D eigenvalue weighted by Gasteiger charge is -2.09. The van der Waals surface area contributed by atoms with Gasteiger partial charge in [0.05, 0.1) is 0 Å². The molecule has 2 unspecified atom stereocenters. The molecule has 0 saturated heterocycles. The fourth-order valence-corrected chi connectivity index (χ4v) is 2.19. The van der Waals surface area contributed by atoms with E-state index in [1.54, 1.807) is 0 Å². The molecule has 2 atom stereocenters. The molecule has 0 aromatic heterocycles. The molecule has 0 aromatic carbocycles. The lowest BCUT2D eigenvalue weighted by molar-refractivity contribution is 0.485. The third kappa shape index (κ3) is 3.77. The van der Waals surface area contributed by atoms with Crippen LogP contribution in [0, 0.1) is 5.92 Å². The van der Waals surface area contributed by atoms with Crippen LogP contribution in [-0.4, -0.2) is 18.5 Å². The van der Waals surface area contributed by atoms with Crippen molar-refractivity contribution < 1.29 is 0 Å². The first-order chi connectivity index (χ1) is 5.83. The van der Waals surface area contributed by atoms with Crippen LogP contribution in [0.25, 0.3) is 0 Å². The van der Waals surface area contributed by atoms with Crippen molar-refractivity contribution in [3.05, 3.63) is 0 Å². The van der Waals surface area contributed by atoms with Gasteiger partial charge in [0.15, 0.2) is 0 Å². The molecule has 72 valence electrons. The molecule has 0 aliphatic heterocycles. The van der Waals surface area contributed by atoms with Gasteiger partial charge in [-0.05, 0) is 44.7 Å². The van der Waals surface area contributed by atoms with Crippen LogP contribution in [0.2, 0.25) is 0 Å². The van der Waals surface area contributed by atoms with Gasteiger partial charge in [0, 0.05) is 5.38 Å². The molecule has 1 N–H and O–H groups in total. The molecule has 0 amide bonds. The van der Waals surface area contributed by atoms with Crippen LogP contribution in [0.4, 0.5) is 0 Å². The Morgan fingerprint density at radius 3 is 2.83 bits per heavy atom. The van der Waals surface area contributed by atoms with Crippen molar-refractivity contribution in [2.45, 2.75) is 44.4 Å². The third-order valence-corrected chi connectivity index (χ3v) is 3.01. The SMILES string of the molecule is CCCCNCC1CCC(Cl)C1. The van der Waals surface area contributed by atoms with Crippen molar-refractivity contribution in [3.63, 3.8) is 0 Å². The number of hydrogen-bond donors (Lipinski definition) is 1. The molecule has 0 spiro atoms. The zero-order valence-corrected chi connectivity index (χ0v) is 8.74. The first-order valence-electron chi connectivity index (χ1n) is 5.17. The Morgan fingerprint density at radius 2 is 2.25 bits per heavy atom. The van der Waals surface area contributed by atoms with Gasteiger partial charge in [0.2, 0.25) is 0 Å². The summed E-state index contributed by atoms with van der Waals surface area (Å²) in [6.45, 7) is 4.59. The van der Waals surface area contributed by atoms with Crippen molar-refractivity contribution in [1.29, 1.82) is 0 Å². The van der Waals surface area contributed by atoms with Crippen LogP contribution >= 0.6 is 11.6 Å². The van der Waals surface area contributed by atoms with E-state index in [1.807, 2.05) is 0 Å². The summed E-state index contributed by atoms with van der Waals surface area (Å²) in [7, 11) is 0. The van der Waals surface area contributed by atoms with Gasteiger partial charge in [-0.3, -0.25) is 0 Å². The summed E-state index contributed by atoms with van der Waals surface area (Å²) < 4.78 is 0. The molecule has 1 aliphatic carbocycles. The monoisotopic (exact) mass is 189 g/mol. The second-order valence-corrected chi connectivity index (χ2v) is 4.45. The van der Waals surface area contributed by atoms with E-state index in [9.17, 15) is 0 Å². The number of hydrogen-bond acceptors (Lipinski definition) is 1. The Labute approximate surface area is 80.9 Å². The Morgan fingerprint density at radius 1 is 1.42 bits per heavy atom. The van der Waals surface area contributed by atoms with Crippen molar-refractivity contribution in [2.75, 3.05) is 13.1 Å². The van der Waals surface area contributed by atoms with Gasteiger partial charge in [-0.15, -0.1) is 11.6 Å². The van der Waals surface area contributed by atoms with Gasteiger partial charge in [-0.2, -0.15) is 0 Å². The highest BCUT2D eigenvalue weighted by molar-refractivity contribution is 6.20. The minimum Gasteiger partial charge on any atom is -0.316 e. The van der Waals surface area contributed by atoms with E-state index >= 15 is 0 Å². The molecule has 0 heterocycles. The molecule has 12 heavy (non-hydrogen) atoms. The lowest BCUT2D eigenvalue weighted by Crippen LogP contribution is -2.22. The zero-order valence-electron chi connectivity index (χ0n) is 7.98. The summed E-state index contributed by atoms with van der Waals surface area (Å²) in [4.78, 5) is 0. The molecule has 1 rings (SSSR count). The van der Waals surface area contributed by atoms with E-state index in [0.717, 1.165) is 5.92 Å². The molecular formula is C10H20ClN. The quantitative estimate of drug-likeness (QED) is 0.518. The molecule has 1 nitrogen and oxygen atoms in total. The predicted molar refractivity (Wildman–Crippen MR) is 54.8 cm³/mol. The number of unbranched alkanes of at least 4 members (excludes halogenated alkanes) is 1. The molecule has 1 fully saturated rings. The first kappa shape index (κ1) is 10.3. The highest BCUT2D eigenvalue weighted by Gasteiger charge is 2.21. The van der Waals surface area contributed by atoms with Gasteiger partial charge in [-0.1, -0.05) is 13.3 Å². The van der Waals surface area contributed by atoms with Gasteiger partial charge in [0.1, 0.15) is 0 Å². The Kier molecular flexibility index (Phi) is 5.01. The molecular weight excluding hydrogens is 170 g/mol. The van der Waals surface area contributed by atoms with E-state index in [0.29, 0.717) is 5.38 Å². The number of alkyl halides is 1. The van der Waals surface area contributed by atoms with Gasteiger partial charge >= 0.3 is 0 Å². The maximum Gasteiger partial charge on any atom is 0.0339 e. The summed E-state index contributed by atoms with van der Waals surface area (Å²) in [5.41, 5.74) is 0. The predicted octanol–water partition coefficient (Wildman–Crippen LogP) is 2.78. The van der Waals surface area contributed by atoms with Crippen LogP contribution in [0.3, 0.4) is 0 Å². The number of halogens is 1. The third-order valence-electron chi connectivity index (χ3n) is 2.62. The van der Waals surface area contributed by atoms with Gasteiger partial charge in [-0.25, -0.2) is 0 Å². The second kappa shape index (κ2) is 5.82. The zero-order chi connectivity index (χ0) is 8.81. The summed E-state index contributed by atoms with van der Waals surface area (Å²) in [6.07, 6.45) is 6.36. The van der Waals surface area contributed by atoms with Crippen LogP contribution in [0.1, 0.15) is 39.0 Å². The highest BCUT2D eigenvalue weighted by atomic mass is 35.5. The Balaban J connectivity index is 1.93. The normalized spacial score (nSPS) is 29.5. The van der Waals surface area contributed by atoms with Crippen LogP contribution in [-0.2, 0) is 0 Å². The van der Waals surface area contributed by atoms with Gasteiger partial charge in [0.25, 0.3) is 0 Å². The van der Waals surface area contributed by atoms with E-state index < -0.39 is 0 Å². The van der Waals surface area contributed by atoms with Crippen molar-refractivity contribution in [3.8, 4) is 0 Å². The lowest BCUT2D eigenvalue weighted by atomic mass is 10.1. The molecule has 1 saturated carbocycles. The van der Waals surface area contributed by atoms with E-state index in [-0.39, 0.29) is 0 Å². The van der Waals surface area contributed by atoms with E-state index in [1.165, 1.54) is 45.2 Å². The fourth-order valence-electron chi connectivity index (χ4n) is 1.81. The Bertz CT molecular complexity index is 116. The minimum atomic E-state index is 0.461. The first-order valence-corrected chi connectivity index (χ1v) is 5.61. The summed E-state index contributed by atoms with van der Waals surface area (Å²) in [5.74, 6) is 0.851. The Hall–Kier alpha value is 0.250. The van der Waals surface area contributed by atoms with Crippen LogP contribution < -0.4 is 5.32 Å². The topological polar surface area (TPSA) is 12.0 Å². The highest BCUT2D eigenvalue weighted by Crippen LogP contribution is 2.28. The average molecular weight is 190 g/mol. The maximum absolute atomic E-state index is 6.02. The van der Waals surface area contributed by atoms with Crippen molar-refractivity contribution in [2.24, 2.45) is 5.92 Å². The van der Waals surface area contributed by atoms with Crippen molar-refractivity contribution >= 4 is 11.6 Å². The summed E-state index contributed by atoms with van der Waals surface area (Å²) >= 11 is 6.02. The maximum atomic E-state index is 6.02. The molecule has 1 aliphatic rings. The summed E-state index contributed by atoms with van der Waals surface area (Å²) in [6, 6.07) is 0. The van der Waals surface area contributed by atoms with Gasteiger partial charge < -0.3 is 5.32 Å². The van der Waals surface area contributed by atoms with Crippen LogP contribution in [0.15, 0.2) is 0 Å². The van der Waals surface area contributed by atoms with Crippen LogP contribution in [0.5, 0.6) is 0 Å². The van der Waals surface area contributed by atoms with Crippen molar-refractivity contribution in [1.82, 2.24) is 5.32 Å². The summed E-state index contributed by atoms with van der Waals surface area (Å²) in [5, 5.41) is 3.95. The van der Waals surface area contributed by atoms with E-state index in [4.69, 9.17) is 11.6 Å². The second-order valence-electron chi connectivity index (χ2n) is 3.83. The smallest absolute Gasteiger partial charge is 0.0339 e. The minimum absolute atomic E-state index is 0.461. The average Bonchev–Trinajstić information content (AvgIpc) is 2.45. The largest absolute Gasteiger partial charge is 0.316 e. The molecule has 0 aromatic rings. The molecule has 2 heteroatoms. The fraction of sp³-hybridized carbons (Fsp3) is 1.00. The standard InChI is InChI=1S/C10H20ClN/c1-2-3-6-12-8-9-4-5-10(11)7-9/h9-10,12H,2-8H2,1H3. The number of rotatable bonds is 5. The molecule has 0 bridgehead atoms. The van der Waals surface area contributed by atoms with E-state index in [2.05, 4.69) is 12.2 Å². The number of nitrogens with one attached hydrogen (secondary N) is 1.